The summed E-state index contributed by atoms with van der Waals surface area (Å²) in [5, 5.41) is 9.42. The van der Waals surface area contributed by atoms with Crippen LogP contribution in [0.3, 0.4) is 0 Å². The van der Waals surface area contributed by atoms with Crippen LogP contribution in [-0.4, -0.2) is 33.0 Å². The molecule has 0 aliphatic rings. The van der Waals surface area contributed by atoms with Gasteiger partial charge in [-0.3, -0.25) is 4.72 Å². The maximum absolute atomic E-state index is 12.5. The largest absolute Gasteiger partial charge is 0.506 e. The molecule has 0 aliphatic carbocycles. The van der Waals surface area contributed by atoms with Crippen LogP contribution >= 0.6 is 0 Å². The summed E-state index contributed by atoms with van der Waals surface area (Å²) in [7, 11) is -2.45. The normalized spacial score (nSPS) is 12.4. The summed E-state index contributed by atoms with van der Waals surface area (Å²) in [5.41, 5.74) is -1.55. The topological polar surface area (TPSA) is 75.6 Å². The number of benzene rings is 1. The lowest BCUT2D eigenvalue weighted by Crippen LogP contribution is -2.18. The van der Waals surface area contributed by atoms with Crippen molar-refractivity contribution >= 4 is 15.7 Å². The van der Waals surface area contributed by atoms with Crippen LogP contribution in [0.1, 0.15) is 12.0 Å². The van der Waals surface area contributed by atoms with Gasteiger partial charge in [0.2, 0.25) is 10.0 Å². The molecular formula is C11H14F3NO4S. The van der Waals surface area contributed by atoms with Gasteiger partial charge in [-0.25, -0.2) is 8.42 Å². The van der Waals surface area contributed by atoms with Crippen molar-refractivity contribution in [2.24, 2.45) is 0 Å². The SMILES string of the molecule is COCCCS(=O)(=O)Nc1cc(C(F)(F)F)ccc1O. The third-order valence-corrected chi connectivity index (χ3v) is 3.71. The molecule has 0 fully saturated rings. The van der Waals surface area contributed by atoms with E-state index in [1.165, 1.54) is 7.11 Å². The Morgan fingerprint density at radius 2 is 2.00 bits per heavy atom. The number of anilines is 1. The summed E-state index contributed by atoms with van der Waals surface area (Å²) < 4.78 is 67.4. The van der Waals surface area contributed by atoms with E-state index in [1.54, 1.807) is 0 Å². The van der Waals surface area contributed by atoms with E-state index < -0.39 is 33.2 Å². The van der Waals surface area contributed by atoms with Crippen molar-refractivity contribution in [1.82, 2.24) is 0 Å². The Bertz CT molecular complexity index is 557. The number of nitrogens with one attached hydrogen (secondary N) is 1. The lowest BCUT2D eigenvalue weighted by Gasteiger charge is -2.12. The number of hydrogen-bond acceptors (Lipinski definition) is 4. The number of sulfonamides is 1. The second-order valence-electron chi connectivity index (χ2n) is 4.00. The Hall–Kier alpha value is -1.48. The monoisotopic (exact) mass is 313 g/mol. The molecule has 20 heavy (non-hydrogen) atoms. The standard InChI is InChI=1S/C11H14F3NO4S/c1-19-5-2-6-20(17,18)15-9-7-8(11(12,13)14)3-4-10(9)16/h3-4,7,15-16H,2,5-6H2,1H3. The second kappa shape index (κ2) is 6.31. The predicted octanol–water partition coefficient (Wildman–Crippen LogP) is 2.19. The van der Waals surface area contributed by atoms with Crippen LogP contribution in [0, 0.1) is 0 Å². The third kappa shape index (κ3) is 4.89. The molecule has 9 heteroatoms. The molecule has 1 aromatic rings. The fourth-order valence-corrected chi connectivity index (χ4v) is 2.50. The molecule has 114 valence electrons. The van der Waals surface area contributed by atoms with Crippen molar-refractivity contribution in [1.29, 1.82) is 0 Å². The molecule has 0 aliphatic heterocycles. The Labute approximate surface area is 114 Å². The minimum Gasteiger partial charge on any atom is -0.506 e. The molecule has 0 saturated heterocycles. The van der Waals surface area contributed by atoms with E-state index >= 15 is 0 Å². The van der Waals surface area contributed by atoms with E-state index in [1.807, 2.05) is 4.72 Å². The summed E-state index contributed by atoms with van der Waals surface area (Å²) in [6.07, 6.45) is -4.44. The first-order valence-corrected chi connectivity index (χ1v) is 7.20. The smallest absolute Gasteiger partial charge is 0.416 e. The van der Waals surface area contributed by atoms with Gasteiger partial charge in [0.15, 0.2) is 0 Å². The first-order chi connectivity index (χ1) is 9.15. The zero-order valence-electron chi connectivity index (χ0n) is 10.6. The van der Waals surface area contributed by atoms with Crippen LogP contribution in [0.2, 0.25) is 0 Å². The molecule has 2 N–H and O–H groups in total. The van der Waals surface area contributed by atoms with Gasteiger partial charge in [-0.05, 0) is 24.6 Å². The summed E-state index contributed by atoms with van der Waals surface area (Å²) in [5.74, 6) is -0.899. The Balaban J connectivity index is 2.91. The minimum absolute atomic E-state index is 0.186. The first kappa shape index (κ1) is 16.6. The van der Waals surface area contributed by atoms with Crippen LogP contribution in [0.25, 0.3) is 0 Å². The summed E-state index contributed by atoms with van der Waals surface area (Å²) in [4.78, 5) is 0. The average molecular weight is 313 g/mol. The zero-order valence-corrected chi connectivity index (χ0v) is 11.4. The maximum atomic E-state index is 12.5. The highest BCUT2D eigenvalue weighted by atomic mass is 32.2. The van der Waals surface area contributed by atoms with E-state index in [9.17, 15) is 26.7 Å². The first-order valence-electron chi connectivity index (χ1n) is 5.55. The van der Waals surface area contributed by atoms with Gasteiger partial charge >= 0.3 is 6.18 Å². The lowest BCUT2D eigenvalue weighted by atomic mass is 10.2. The van der Waals surface area contributed by atoms with Crippen LogP contribution in [-0.2, 0) is 20.9 Å². The van der Waals surface area contributed by atoms with Crippen molar-refractivity contribution in [3.63, 3.8) is 0 Å². The van der Waals surface area contributed by atoms with E-state index in [4.69, 9.17) is 0 Å². The number of rotatable bonds is 6. The molecule has 0 radical (unpaired) electrons. The molecule has 0 amide bonds. The fourth-order valence-electron chi connectivity index (χ4n) is 1.41. The molecule has 0 aromatic heterocycles. The molecule has 1 aromatic carbocycles. The van der Waals surface area contributed by atoms with Crippen molar-refractivity contribution in [3.8, 4) is 5.75 Å². The number of methoxy groups -OCH3 is 1. The molecule has 0 unspecified atom stereocenters. The number of phenolic OH excluding ortho intramolecular Hbond substituents is 1. The highest BCUT2D eigenvalue weighted by Gasteiger charge is 2.31. The van der Waals surface area contributed by atoms with Crippen LogP contribution < -0.4 is 4.72 Å². The van der Waals surface area contributed by atoms with Crippen LogP contribution in [0.15, 0.2) is 18.2 Å². The predicted molar refractivity (Wildman–Crippen MR) is 67.0 cm³/mol. The van der Waals surface area contributed by atoms with Gasteiger partial charge in [0.1, 0.15) is 5.75 Å². The van der Waals surface area contributed by atoms with Crippen molar-refractivity contribution < 1.29 is 31.4 Å². The molecule has 0 atom stereocenters. The maximum Gasteiger partial charge on any atom is 0.416 e. The molecule has 0 saturated carbocycles. The number of alkyl halides is 3. The van der Waals surface area contributed by atoms with E-state index in [0.717, 1.165) is 6.07 Å². The van der Waals surface area contributed by atoms with Crippen LogP contribution in [0.4, 0.5) is 18.9 Å². The minimum atomic E-state index is -4.62. The molecule has 0 spiro atoms. The molecule has 1 rings (SSSR count). The fraction of sp³-hybridized carbons (Fsp3) is 0.455. The number of phenols is 1. The quantitative estimate of drug-likeness (QED) is 0.623. The van der Waals surface area contributed by atoms with E-state index in [-0.39, 0.29) is 18.8 Å². The highest BCUT2D eigenvalue weighted by Crippen LogP contribution is 2.34. The van der Waals surface area contributed by atoms with Gasteiger partial charge in [-0.2, -0.15) is 13.2 Å². The van der Waals surface area contributed by atoms with Gasteiger partial charge in [0.25, 0.3) is 0 Å². The zero-order chi connectivity index (χ0) is 15.4. The van der Waals surface area contributed by atoms with Gasteiger partial charge in [-0.1, -0.05) is 0 Å². The van der Waals surface area contributed by atoms with Crippen LogP contribution in [0.5, 0.6) is 5.75 Å². The number of ether oxygens (including phenoxy) is 1. The number of aromatic hydroxyl groups is 1. The molecular weight excluding hydrogens is 299 g/mol. The Kier molecular flexibility index (Phi) is 5.23. The summed E-state index contributed by atoms with van der Waals surface area (Å²) in [6.45, 7) is 0.204. The third-order valence-electron chi connectivity index (χ3n) is 2.35. The van der Waals surface area contributed by atoms with Crippen molar-refractivity contribution in [3.05, 3.63) is 23.8 Å². The molecule has 0 heterocycles. The van der Waals surface area contributed by atoms with E-state index in [2.05, 4.69) is 4.74 Å². The highest BCUT2D eigenvalue weighted by molar-refractivity contribution is 7.92. The van der Waals surface area contributed by atoms with Crippen molar-refractivity contribution in [2.45, 2.75) is 12.6 Å². The van der Waals surface area contributed by atoms with Gasteiger partial charge in [0, 0.05) is 13.7 Å². The lowest BCUT2D eigenvalue weighted by molar-refractivity contribution is -0.137. The van der Waals surface area contributed by atoms with E-state index in [0.29, 0.717) is 12.1 Å². The van der Waals surface area contributed by atoms with Crippen molar-refractivity contribution in [2.75, 3.05) is 24.2 Å². The number of halogens is 3. The average Bonchev–Trinajstić information content (AvgIpc) is 2.30. The number of hydrogen-bond donors (Lipinski definition) is 2. The summed E-state index contributed by atoms with van der Waals surface area (Å²) in [6, 6.07) is 2.00. The van der Waals surface area contributed by atoms with Gasteiger partial charge < -0.3 is 9.84 Å². The summed E-state index contributed by atoms with van der Waals surface area (Å²) >= 11 is 0. The second-order valence-corrected chi connectivity index (χ2v) is 5.84. The molecule has 5 nitrogen and oxygen atoms in total. The Morgan fingerprint density at radius 1 is 1.35 bits per heavy atom. The Morgan fingerprint density at radius 3 is 2.55 bits per heavy atom. The van der Waals surface area contributed by atoms with Gasteiger partial charge in [0.05, 0.1) is 17.0 Å². The van der Waals surface area contributed by atoms with Gasteiger partial charge in [-0.15, -0.1) is 0 Å². The molecule has 0 bridgehead atoms.